The quantitative estimate of drug-likeness (QED) is 0.131. The first-order valence-corrected chi connectivity index (χ1v) is 15.2. The molecule has 256 valence electrons. The minimum Gasteiger partial charge on any atom is -0.547 e. The first-order chi connectivity index (χ1) is 20.4. The van der Waals surface area contributed by atoms with Crippen molar-refractivity contribution in [2.45, 2.75) is 86.2 Å². The Hall–Kier alpha value is -3.06. The van der Waals surface area contributed by atoms with Crippen LogP contribution in [0, 0.1) is 35.5 Å². The molecule has 1 aromatic carbocycles. The average molecular weight is 630 g/mol. The SMILES string of the molecule is CC(C)CC(CN)CC(=O)O.CC(C)C[C@H](CN)CC(=O)O.CC(C)C[C@H](C[NH3+])CC(=O)O.O=C([O-])C(O)c1ccccc1. The molecule has 0 heterocycles. The highest BCUT2D eigenvalue weighted by Gasteiger charge is 2.15. The lowest BCUT2D eigenvalue weighted by Crippen LogP contribution is -2.54. The number of benzene rings is 1. The van der Waals surface area contributed by atoms with Gasteiger partial charge < -0.3 is 47.5 Å². The van der Waals surface area contributed by atoms with E-state index in [2.05, 4.69) is 47.3 Å². The summed E-state index contributed by atoms with van der Waals surface area (Å²) in [5, 5.41) is 44.5. The molecule has 0 aromatic heterocycles. The van der Waals surface area contributed by atoms with Crippen molar-refractivity contribution in [2.24, 2.45) is 47.0 Å². The normalized spacial score (nSPS) is 13.2. The van der Waals surface area contributed by atoms with E-state index in [1.54, 1.807) is 18.2 Å². The van der Waals surface area contributed by atoms with Crippen molar-refractivity contribution in [1.82, 2.24) is 0 Å². The van der Waals surface area contributed by atoms with Crippen LogP contribution in [0.25, 0.3) is 0 Å². The Bertz CT molecular complexity index is 825. The van der Waals surface area contributed by atoms with Crippen molar-refractivity contribution in [3.05, 3.63) is 35.9 Å². The van der Waals surface area contributed by atoms with E-state index in [0.717, 1.165) is 25.8 Å². The van der Waals surface area contributed by atoms with Crippen LogP contribution in [0.4, 0.5) is 0 Å². The fourth-order valence-electron chi connectivity index (χ4n) is 4.34. The predicted molar refractivity (Wildman–Crippen MR) is 168 cm³/mol. The van der Waals surface area contributed by atoms with Gasteiger partial charge in [0.2, 0.25) is 0 Å². The molecule has 2 unspecified atom stereocenters. The van der Waals surface area contributed by atoms with Gasteiger partial charge in [-0.2, -0.15) is 0 Å². The van der Waals surface area contributed by atoms with Crippen molar-refractivity contribution in [3.8, 4) is 0 Å². The zero-order valence-electron chi connectivity index (χ0n) is 27.5. The minimum atomic E-state index is -1.52. The third kappa shape index (κ3) is 30.4. The van der Waals surface area contributed by atoms with Crippen LogP contribution in [0.3, 0.4) is 0 Å². The Morgan fingerprint density at radius 3 is 1.25 bits per heavy atom. The topological polar surface area (TPSA) is 252 Å². The number of hydrogen-bond donors (Lipinski definition) is 7. The van der Waals surface area contributed by atoms with Crippen LogP contribution in [-0.4, -0.2) is 63.9 Å². The van der Waals surface area contributed by atoms with Crippen LogP contribution < -0.4 is 22.3 Å². The van der Waals surface area contributed by atoms with Gasteiger partial charge in [0.25, 0.3) is 0 Å². The fourth-order valence-corrected chi connectivity index (χ4v) is 4.34. The highest BCUT2D eigenvalue weighted by molar-refractivity contribution is 5.71. The summed E-state index contributed by atoms with van der Waals surface area (Å²) in [5.41, 5.74) is 14.9. The van der Waals surface area contributed by atoms with E-state index in [1.807, 2.05) is 0 Å². The number of carbonyl (C=O) groups is 4. The van der Waals surface area contributed by atoms with Crippen LogP contribution in [-0.2, 0) is 19.2 Å². The number of carbonyl (C=O) groups excluding carboxylic acids is 1. The van der Waals surface area contributed by atoms with Gasteiger partial charge >= 0.3 is 17.9 Å². The molecule has 0 bridgehead atoms. The van der Waals surface area contributed by atoms with E-state index in [0.29, 0.717) is 36.4 Å². The summed E-state index contributed by atoms with van der Waals surface area (Å²) >= 11 is 0. The van der Waals surface area contributed by atoms with E-state index in [9.17, 15) is 24.3 Å². The molecule has 0 amide bonds. The molecular formula is C32H59N3O9. The van der Waals surface area contributed by atoms with E-state index in [1.165, 1.54) is 12.1 Å². The monoisotopic (exact) mass is 629 g/mol. The maximum absolute atomic E-state index is 10.3. The van der Waals surface area contributed by atoms with E-state index < -0.39 is 30.0 Å². The summed E-state index contributed by atoms with van der Waals surface area (Å²) in [5.74, 6) is -1.50. The highest BCUT2D eigenvalue weighted by Crippen LogP contribution is 2.15. The summed E-state index contributed by atoms with van der Waals surface area (Å²) in [6.45, 7) is 14.2. The maximum Gasteiger partial charge on any atom is 0.303 e. The van der Waals surface area contributed by atoms with Gasteiger partial charge in [-0.3, -0.25) is 14.4 Å². The summed E-state index contributed by atoms with van der Waals surface area (Å²) in [4.78, 5) is 41.1. The highest BCUT2D eigenvalue weighted by atomic mass is 16.4. The molecule has 0 spiro atoms. The number of aliphatic hydroxyl groups excluding tert-OH is 1. The van der Waals surface area contributed by atoms with Crippen molar-refractivity contribution in [2.75, 3.05) is 19.6 Å². The van der Waals surface area contributed by atoms with Gasteiger partial charge in [0.15, 0.2) is 0 Å². The van der Waals surface area contributed by atoms with Crippen molar-refractivity contribution in [1.29, 1.82) is 0 Å². The Labute approximate surface area is 263 Å². The number of carboxylic acid groups (broad SMARTS) is 4. The number of quaternary nitrogens is 1. The Morgan fingerprint density at radius 1 is 0.682 bits per heavy atom. The fraction of sp³-hybridized carbons (Fsp3) is 0.688. The molecule has 0 saturated heterocycles. The smallest absolute Gasteiger partial charge is 0.303 e. The molecule has 0 fully saturated rings. The van der Waals surface area contributed by atoms with Crippen LogP contribution in [0.5, 0.6) is 0 Å². The Balaban J connectivity index is -0.000000509. The summed E-state index contributed by atoms with van der Waals surface area (Å²) in [6.07, 6.45) is 1.93. The van der Waals surface area contributed by atoms with E-state index >= 15 is 0 Å². The number of hydrogen-bond acceptors (Lipinski definition) is 8. The summed E-state index contributed by atoms with van der Waals surface area (Å²) in [7, 11) is 0. The Morgan fingerprint density at radius 2 is 1.00 bits per heavy atom. The molecule has 0 radical (unpaired) electrons. The number of nitrogens with two attached hydrogens (primary N) is 2. The Kier molecular flexibility index (Phi) is 28.3. The number of rotatable bonds is 17. The van der Waals surface area contributed by atoms with Gasteiger partial charge in [0.05, 0.1) is 18.9 Å². The van der Waals surface area contributed by atoms with Gasteiger partial charge in [-0.05, 0) is 67.5 Å². The van der Waals surface area contributed by atoms with Crippen LogP contribution >= 0.6 is 0 Å². The predicted octanol–water partition coefficient (Wildman–Crippen LogP) is 2.00. The van der Waals surface area contributed by atoms with Gasteiger partial charge in [-0.25, -0.2) is 0 Å². The molecule has 12 nitrogen and oxygen atoms in total. The number of aliphatic carboxylic acids is 4. The molecule has 12 heteroatoms. The molecule has 11 N–H and O–H groups in total. The lowest BCUT2D eigenvalue weighted by atomic mass is 9.94. The van der Waals surface area contributed by atoms with Crippen molar-refractivity contribution in [3.63, 3.8) is 0 Å². The maximum atomic E-state index is 10.3. The largest absolute Gasteiger partial charge is 0.547 e. The van der Waals surface area contributed by atoms with Crippen LogP contribution in [0.1, 0.15) is 91.7 Å². The second-order valence-electron chi connectivity index (χ2n) is 12.2. The zero-order chi connectivity index (χ0) is 34.8. The molecule has 0 aliphatic rings. The standard InChI is InChI=1S/3C8H17NO2.C8H8O3/c3*1-6(2)3-7(5-9)4-8(10)11;9-7(8(10)11)6-4-2-1-3-5-6/h3*6-7H,3-5,9H2,1-2H3,(H,10,11);1-5,7,9H,(H,10,11)/t2*7-;;/m00../s1. The summed E-state index contributed by atoms with van der Waals surface area (Å²) < 4.78 is 0. The molecule has 4 atom stereocenters. The van der Waals surface area contributed by atoms with Crippen LogP contribution in [0.15, 0.2) is 30.3 Å². The lowest BCUT2D eigenvalue weighted by molar-refractivity contribution is -0.379. The minimum absolute atomic E-state index is 0.146. The first-order valence-electron chi connectivity index (χ1n) is 15.2. The molecular weight excluding hydrogens is 570 g/mol. The zero-order valence-corrected chi connectivity index (χ0v) is 27.5. The van der Waals surface area contributed by atoms with Gasteiger partial charge in [-0.1, -0.05) is 71.9 Å². The van der Waals surface area contributed by atoms with Gasteiger partial charge in [0, 0.05) is 18.8 Å². The van der Waals surface area contributed by atoms with E-state index in [-0.39, 0.29) is 37.0 Å². The molecule has 0 aliphatic heterocycles. The van der Waals surface area contributed by atoms with Gasteiger partial charge in [-0.15, -0.1) is 0 Å². The second kappa shape index (κ2) is 27.5. The van der Waals surface area contributed by atoms with E-state index in [4.69, 9.17) is 31.9 Å². The van der Waals surface area contributed by atoms with Gasteiger partial charge in [0.1, 0.15) is 6.10 Å². The lowest BCUT2D eigenvalue weighted by Gasteiger charge is -2.13. The second-order valence-corrected chi connectivity index (χ2v) is 12.2. The molecule has 1 aromatic rings. The van der Waals surface area contributed by atoms with Crippen LogP contribution in [0.2, 0.25) is 0 Å². The molecule has 0 aliphatic carbocycles. The number of aliphatic hydroxyl groups is 1. The average Bonchev–Trinajstić information content (AvgIpc) is 2.91. The summed E-state index contributed by atoms with van der Waals surface area (Å²) in [6, 6.07) is 8.11. The van der Waals surface area contributed by atoms with Crippen molar-refractivity contribution < 1.29 is 50.4 Å². The van der Waals surface area contributed by atoms with Crippen molar-refractivity contribution >= 4 is 23.9 Å². The molecule has 44 heavy (non-hydrogen) atoms. The first kappa shape index (κ1) is 45.4. The number of carboxylic acids is 4. The third-order valence-corrected chi connectivity index (χ3v) is 6.22. The molecule has 1 rings (SSSR count). The third-order valence-electron chi connectivity index (χ3n) is 6.22. The molecule has 0 saturated carbocycles.